The van der Waals surface area contributed by atoms with E-state index < -0.39 is 0 Å². The number of nitrogens with one attached hydrogen (secondary N) is 2. The van der Waals surface area contributed by atoms with Gasteiger partial charge in [-0.1, -0.05) is 0 Å². The number of rotatable bonds is 3. The van der Waals surface area contributed by atoms with Gasteiger partial charge >= 0.3 is 0 Å². The molecule has 0 bridgehead atoms. The maximum Gasteiger partial charge on any atom is 0.198 e. The van der Waals surface area contributed by atoms with Crippen LogP contribution in [0.5, 0.6) is 0 Å². The molecule has 2 heterocycles. The van der Waals surface area contributed by atoms with E-state index in [-0.39, 0.29) is 0 Å². The molecule has 1 aromatic heterocycles. The number of hydrogen-bond acceptors (Lipinski definition) is 5. The highest BCUT2D eigenvalue weighted by molar-refractivity contribution is 7.71. The largest absolute Gasteiger partial charge is 0.378 e. The molecule has 88 valence electrons. The molecule has 1 aliphatic heterocycles. The third-order valence-corrected chi connectivity index (χ3v) is 2.68. The predicted octanol–water partition coefficient (Wildman–Crippen LogP) is 0.695. The first-order valence-corrected chi connectivity index (χ1v) is 5.78. The van der Waals surface area contributed by atoms with E-state index in [9.17, 15) is 0 Å². The average molecular weight is 240 g/mol. The summed E-state index contributed by atoms with van der Waals surface area (Å²) in [4.78, 5) is 9.61. The number of nitrogens with zero attached hydrogens (tertiary/aromatic N) is 2. The van der Waals surface area contributed by atoms with Crippen LogP contribution in [0, 0.1) is 4.77 Å². The maximum absolute atomic E-state index is 5.31. The molecule has 5 nitrogen and oxygen atoms in total. The summed E-state index contributed by atoms with van der Waals surface area (Å²) in [6.07, 6.45) is 0. The Hall–Kier alpha value is -0.980. The highest BCUT2D eigenvalue weighted by Crippen LogP contribution is 2.13. The van der Waals surface area contributed by atoms with Crippen molar-refractivity contribution in [3.8, 4) is 0 Å². The smallest absolute Gasteiger partial charge is 0.198 e. The Balaban J connectivity index is 2.21. The van der Waals surface area contributed by atoms with Gasteiger partial charge in [-0.3, -0.25) is 0 Å². The monoisotopic (exact) mass is 240 g/mol. The first-order valence-electron chi connectivity index (χ1n) is 5.37. The first-order chi connectivity index (χ1) is 7.79. The summed E-state index contributed by atoms with van der Waals surface area (Å²) in [5.41, 5.74) is 1.06. The Morgan fingerprint density at radius 3 is 3.00 bits per heavy atom. The Morgan fingerprint density at radius 1 is 1.56 bits per heavy atom. The Kier molecular flexibility index (Phi) is 3.87. The quantitative estimate of drug-likeness (QED) is 0.762. The van der Waals surface area contributed by atoms with E-state index in [2.05, 4.69) is 20.2 Å². The van der Waals surface area contributed by atoms with Crippen molar-refractivity contribution in [3.63, 3.8) is 0 Å². The van der Waals surface area contributed by atoms with E-state index in [0.717, 1.165) is 44.4 Å². The number of anilines is 1. The standard InChI is InChI=1S/C10H16N4OS/c1-11-7-8-6-9(13-10(16)12-8)14-2-4-15-5-3-14/h6,11H,2-5,7H2,1H3,(H,12,13,16). The van der Waals surface area contributed by atoms with Gasteiger partial charge < -0.3 is 19.9 Å². The van der Waals surface area contributed by atoms with Gasteiger partial charge in [0.1, 0.15) is 5.82 Å². The van der Waals surface area contributed by atoms with E-state index in [0.29, 0.717) is 4.77 Å². The van der Waals surface area contributed by atoms with Gasteiger partial charge in [0.15, 0.2) is 4.77 Å². The lowest BCUT2D eigenvalue weighted by atomic mass is 10.3. The fourth-order valence-electron chi connectivity index (χ4n) is 1.73. The molecule has 1 fully saturated rings. The SMILES string of the molecule is CNCc1cc(N2CCOCC2)nc(=S)[nH]1. The van der Waals surface area contributed by atoms with Crippen molar-refractivity contribution >= 4 is 18.0 Å². The highest BCUT2D eigenvalue weighted by Gasteiger charge is 2.12. The number of ether oxygens (including phenoxy) is 1. The zero-order valence-electron chi connectivity index (χ0n) is 9.32. The van der Waals surface area contributed by atoms with Gasteiger partial charge in [-0.15, -0.1) is 0 Å². The van der Waals surface area contributed by atoms with Crippen molar-refractivity contribution in [2.75, 3.05) is 38.3 Å². The van der Waals surface area contributed by atoms with E-state index in [1.54, 1.807) is 0 Å². The van der Waals surface area contributed by atoms with Crippen LogP contribution in [0.25, 0.3) is 0 Å². The second kappa shape index (κ2) is 5.38. The summed E-state index contributed by atoms with van der Waals surface area (Å²) in [6.45, 7) is 4.04. The van der Waals surface area contributed by atoms with Crippen molar-refractivity contribution in [1.82, 2.24) is 15.3 Å². The molecular formula is C10H16N4OS. The summed E-state index contributed by atoms with van der Waals surface area (Å²) < 4.78 is 5.85. The fraction of sp³-hybridized carbons (Fsp3) is 0.600. The molecule has 16 heavy (non-hydrogen) atoms. The van der Waals surface area contributed by atoms with Crippen LogP contribution in [-0.4, -0.2) is 43.3 Å². The van der Waals surface area contributed by atoms with Crippen molar-refractivity contribution in [1.29, 1.82) is 0 Å². The minimum absolute atomic E-state index is 0.536. The van der Waals surface area contributed by atoms with Gasteiger partial charge in [0.05, 0.1) is 13.2 Å². The topological polar surface area (TPSA) is 53.2 Å². The second-order valence-corrected chi connectivity index (χ2v) is 4.09. The Morgan fingerprint density at radius 2 is 2.31 bits per heavy atom. The molecule has 2 N–H and O–H groups in total. The summed E-state index contributed by atoms with van der Waals surface area (Å²) in [5, 5.41) is 3.09. The van der Waals surface area contributed by atoms with Gasteiger partial charge in [-0.05, 0) is 19.3 Å². The van der Waals surface area contributed by atoms with Crippen LogP contribution in [0.3, 0.4) is 0 Å². The third kappa shape index (κ3) is 2.78. The normalized spacial score (nSPS) is 16.4. The van der Waals surface area contributed by atoms with Crippen molar-refractivity contribution in [2.24, 2.45) is 0 Å². The van der Waals surface area contributed by atoms with E-state index in [4.69, 9.17) is 17.0 Å². The zero-order valence-corrected chi connectivity index (χ0v) is 10.1. The molecular weight excluding hydrogens is 224 g/mol. The molecule has 0 saturated carbocycles. The first kappa shape index (κ1) is 11.5. The van der Waals surface area contributed by atoms with E-state index in [1.165, 1.54) is 0 Å². The third-order valence-electron chi connectivity index (χ3n) is 2.49. The molecule has 0 amide bonds. The Bertz CT molecular complexity index is 400. The van der Waals surface area contributed by atoms with Crippen molar-refractivity contribution < 1.29 is 4.74 Å². The predicted molar refractivity (Wildman–Crippen MR) is 65.2 cm³/mol. The molecule has 0 aliphatic carbocycles. The molecule has 0 atom stereocenters. The summed E-state index contributed by atoms with van der Waals surface area (Å²) in [6, 6.07) is 2.04. The number of hydrogen-bond donors (Lipinski definition) is 2. The number of morpholine rings is 1. The molecule has 0 spiro atoms. The summed E-state index contributed by atoms with van der Waals surface area (Å²) >= 11 is 5.12. The van der Waals surface area contributed by atoms with Crippen LogP contribution < -0.4 is 10.2 Å². The van der Waals surface area contributed by atoms with Crippen LogP contribution in [-0.2, 0) is 11.3 Å². The van der Waals surface area contributed by atoms with Gasteiger partial charge in [-0.2, -0.15) is 0 Å². The average Bonchev–Trinajstić information content (AvgIpc) is 2.30. The van der Waals surface area contributed by atoms with E-state index in [1.807, 2.05) is 13.1 Å². The van der Waals surface area contributed by atoms with Gasteiger partial charge in [-0.25, -0.2) is 4.98 Å². The molecule has 0 aromatic carbocycles. The van der Waals surface area contributed by atoms with E-state index >= 15 is 0 Å². The Labute approximate surface area is 99.8 Å². The van der Waals surface area contributed by atoms with Crippen molar-refractivity contribution in [3.05, 3.63) is 16.5 Å². The summed E-state index contributed by atoms with van der Waals surface area (Å²) in [7, 11) is 1.91. The van der Waals surface area contributed by atoms with Crippen LogP contribution in [0.1, 0.15) is 5.69 Å². The second-order valence-electron chi connectivity index (χ2n) is 3.70. The van der Waals surface area contributed by atoms with Crippen molar-refractivity contribution in [2.45, 2.75) is 6.54 Å². The van der Waals surface area contributed by atoms with Crippen LogP contribution >= 0.6 is 12.2 Å². The van der Waals surface area contributed by atoms with Crippen LogP contribution in [0.2, 0.25) is 0 Å². The molecule has 1 aromatic rings. The number of aromatic nitrogens is 2. The molecule has 0 radical (unpaired) electrons. The van der Waals surface area contributed by atoms with Crippen LogP contribution in [0.15, 0.2) is 6.07 Å². The fourth-order valence-corrected chi connectivity index (χ4v) is 1.96. The lowest BCUT2D eigenvalue weighted by molar-refractivity contribution is 0.122. The minimum atomic E-state index is 0.536. The van der Waals surface area contributed by atoms with Gasteiger partial charge in [0.2, 0.25) is 0 Å². The molecule has 1 saturated heterocycles. The minimum Gasteiger partial charge on any atom is -0.378 e. The van der Waals surface area contributed by atoms with Gasteiger partial charge in [0.25, 0.3) is 0 Å². The molecule has 2 rings (SSSR count). The lowest BCUT2D eigenvalue weighted by Gasteiger charge is -2.27. The lowest BCUT2D eigenvalue weighted by Crippen LogP contribution is -2.37. The number of aromatic amines is 1. The molecule has 1 aliphatic rings. The highest BCUT2D eigenvalue weighted by atomic mass is 32.1. The number of H-pyrrole nitrogens is 1. The molecule has 0 unspecified atom stereocenters. The zero-order chi connectivity index (χ0) is 11.4. The molecule has 6 heteroatoms. The van der Waals surface area contributed by atoms with Gasteiger partial charge in [0, 0.05) is 31.4 Å². The summed E-state index contributed by atoms with van der Waals surface area (Å²) in [5.74, 6) is 0.942. The maximum atomic E-state index is 5.31. The van der Waals surface area contributed by atoms with Crippen LogP contribution in [0.4, 0.5) is 5.82 Å².